The first-order valence-corrected chi connectivity index (χ1v) is 10.2. The van der Waals surface area contributed by atoms with Gasteiger partial charge in [-0.1, -0.05) is 24.3 Å². The Morgan fingerprint density at radius 1 is 1.13 bits per heavy atom. The third-order valence-electron chi connectivity index (χ3n) is 4.19. The van der Waals surface area contributed by atoms with Crippen molar-refractivity contribution in [2.45, 2.75) is 58.1 Å². The molecule has 0 saturated carbocycles. The molecule has 0 bridgehead atoms. The molecule has 0 heterocycles. The predicted octanol–water partition coefficient (Wildman–Crippen LogP) is 4.42. The minimum Gasteiger partial charge on any atom is -0.463 e. The van der Waals surface area contributed by atoms with Gasteiger partial charge in [-0.3, -0.25) is 14.4 Å². The zero-order valence-electron chi connectivity index (χ0n) is 18.5. The molecule has 0 aliphatic rings. The van der Waals surface area contributed by atoms with Gasteiger partial charge in [0.25, 0.3) is 0 Å². The molecule has 7 heteroatoms. The van der Waals surface area contributed by atoms with E-state index in [2.05, 4.69) is 18.5 Å². The average molecular weight is 434 g/mol. The van der Waals surface area contributed by atoms with E-state index in [4.69, 9.17) is 9.47 Å². The number of hydrogen-bond donors (Lipinski definition) is 1. The number of halogens is 1. The van der Waals surface area contributed by atoms with Crippen LogP contribution in [0.5, 0.6) is 0 Å². The maximum absolute atomic E-state index is 13.3. The van der Waals surface area contributed by atoms with E-state index in [0.29, 0.717) is 12.0 Å². The second-order valence-electron chi connectivity index (χ2n) is 8.14. The summed E-state index contributed by atoms with van der Waals surface area (Å²) in [4.78, 5) is 36.9. The Morgan fingerprint density at radius 2 is 1.77 bits per heavy atom. The van der Waals surface area contributed by atoms with Crippen LogP contribution < -0.4 is 5.32 Å². The van der Waals surface area contributed by atoms with E-state index in [0.717, 1.165) is 0 Å². The third kappa shape index (κ3) is 10.6. The van der Waals surface area contributed by atoms with Gasteiger partial charge in [-0.2, -0.15) is 0 Å². The predicted molar refractivity (Wildman–Crippen MR) is 116 cm³/mol. The highest BCUT2D eigenvalue weighted by Gasteiger charge is 2.27. The highest BCUT2D eigenvalue weighted by molar-refractivity contribution is 5.80. The summed E-state index contributed by atoms with van der Waals surface area (Å²) in [6.45, 7) is 12.3. The fourth-order valence-electron chi connectivity index (χ4n) is 2.75. The van der Waals surface area contributed by atoms with E-state index >= 15 is 0 Å². The van der Waals surface area contributed by atoms with Crippen LogP contribution in [0.4, 0.5) is 4.39 Å². The molecule has 1 rings (SSSR count). The molecule has 31 heavy (non-hydrogen) atoms. The smallest absolute Gasteiger partial charge is 0.309 e. The van der Waals surface area contributed by atoms with Crippen molar-refractivity contribution < 1.29 is 28.2 Å². The molecule has 0 unspecified atom stereocenters. The average Bonchev–Trinajstić information content (AvgIpc) is 2.68. The molecule has 0 spiro atoms. The maximum atomic E-state index is 13.3. The van der Waals surface area contributed by atoms with Crippen molar-refractivity contribution in [3.05, 3.63) is 61.0 Å². The summed E-state index contributed by atoms with van der Waals surface area (Å²) in [6, 6.07) is 4.91. The number of amides is 1. The number of ether oxygens (including phenoxy) is 2. The summed E-state index contributed by atoms with van der Waals surface area (Å²) in [5.41, 5.74) is -0.0723. The van der Waals surface area contributed by atoms with E-state index in [1.165, 1.54) is 30.3 Å². The lowest BCUT2D eigenvalue weighted by atomic mass is 10.0. The number of benzene rings is 1. The lowest BCUT2D eigenvalue weighted by Crippen LogP contribution is -2.33. The number of esters is 2. The zero-order valence-corrected chi connectivity index (χ0v) is 18.5. The molecule has 0 aliphatic carbocycles. The van der Waals surface area contributed by atoms with E-state index in [9.17, 15) is 18.8 Å². The van der Waals surface area contributed by atoms with Crippen molar-refractivity contribution in [1.82, 2.24) is 5.32 Å². The van der Waals surface area contributed by atoms with Crippen molar-refractivity contribution in [2.24, 2.45) is 5.92 Å². The molecule has 0 saturated heterocycles. The molecule has 1 amide bonds. The molecule has 0 radical (unpaired) electrons. The van der Waals surface area contributed by atoms with Gasteiger partial charge in [-0.15, -0.1) is 13.2 Å². The first-order chi connectivity index (χ1) is 14.6. The van der Waals surface area contributed by atoms with Crippen LogP contribution in [0.3, 0.4) is 0 Å². The second-order valence-corrected chi connectivity index (χ2v) is 8.14. The monoisotopic (exact) mass is 433 g/mol. The van der Waals surface area contributed by atoms with E-state index in [-0.39, 0.29) is 31.8 Å². The van der Waals surface area contributed by atoms with Gasteiger partial charge in [-0.05, 0) is 51.3 Å². The molecule has 6 nitrogen and oxygen atoms in total. The van der Waals surface area contributed by atoms with E-state index in [1.54, 1.807) is 26.8 Å². The Balaban J connectivity index is 2.84. The first kappa shape index (κ1) is 26.1. The summed E-state index contributed by atoms with van der Waals surface area (Å²) in [5, 5.41) is 2.79. The fraction of sp³-hybridized carbons (Fsp3) is 0.458. The molecule has 0 fully saturated rings. The summed E-state index contributed by atoms with van der Waals surface area (Å²) in [7, 11) is 0. The number of carbonyl (C=O) groups is 3. The number of rotatable bonds is 12. The topological polar surface area (TPSA) is 81.7 Å². The van der Waals surface area contributed by atoms with Gasteiger partial charge in [0.2, 0.25) is 5.91 Å². The molecule has 170 valence electrons. The summed E-state index contributed by atoms with van der Waals surface area (Å²) in [6.07, 6.45) is 3.99. The highest BCUT2D eigenvalue weighted by atomic mass is 19.1. The summed E-state index contributed by atoms with van der Waals surface area (Å²) >= 11 is 0. The van der Waals surface area contributed by atoms with Crippen LogP contribution in [-0.4, -0.2) is 30.1 Å². The van der Waals surface area contributed by atoms with Crippen LogP contribution in [0.1, 0.15) is 58.1 Å². The molecule has 1 aromatic carbocycles. The standard InChI is InChI=1S/C24H32FNO5/c1-6-8-10-21(27)26-20(17-11-13-19(25)14-12-17)16-30-23(29)18(9-7-2)15-22(28)31-24(3,4)5/h6-7,11-14,18,20H,1-2,8-10,15-16H2,3-5H3,(H,26,27)/t18-,20-/m0/s1. The van der Waals surface area contributed by atoms with E-state index < -0.39 is 35.3 Å². The van der Waals surface area contributed by atoms with Gasteiger partial charge in [-0.25, -0.2) is 4.39 Å². The van der Waals surface area contributed by atoms with Crippen LogP contribution in [0.25, 0.3) is 0 Å². The van der Waals surface area contributed by atoms with E-state index in [1.807, 2.05) is 0 Å². The molecule has 1 N–H and O–H groups in total. The Kier molecular flexibility index (Phi) is 10.7. The zero-order chi connectivity index (χ0) is 23.4. The third-order valence-corrected chi connectivity index (χ3v) is 4.19. The Hall–Kier alpha value is -2.96. The van der Waals surface area contributed by atoms with Crippen molar-refractivity contribution >= 4 is 17.8 Å². The molecular formula is C24H32FNO5. The van der Waals surface area contributed by atoms with Gasteiger partial charge in [0.15, 0.2) is 0 Å². The molecule has 1 aromatic rings. The second kappa shape index (κ2) is 12.7. The van der Waals surface area contributed by atoms with Crippen molar-refractivity contribution in [1.29, 1.82) is 0 Å². The molecule has 0 aliphatic heterocycles. The number of hydrogen-bond acceptors (Lipinski definition) is 5. The minimum atomic E-state index is -0.752. The van der Waals surface area contributed by atoms with Crippen LogP contribution in [0.2, 0.25) is 0 Å². The van der Waals surface area contributed by atoms with Gasteiger partial charge in [0.1, 0.15) is 18.0 Å². The van der Waals surface area contributed by atoms with Gasteiger partial charge in [0.05, 0.1) is 18.4 Å². The Labute approximate surface area is 183 Å². The molecular weight excluding hydrogens is 401 g/mol. The van der Waals surface area contributed by atoms with Gasteiger partial charge in [0, 0.05) is 6.42 Å². The van der Waals surface area contributed by atoms with Crippen molar-refractivity contribution in [3.8, 4) is 0 Å². The number of allylic oxidation sites excluding steroid dienone is 2. The highest BCUT2D eigenvalue weighted by Crippen LogP contribution is 2.19. The summed E-state index contributed by atoms with van der Waals surface area (Å²) < 4.78 is 24.0. The SMILES string of the molecule is C=CCCC(=O)N[C@@H](COC(=O)[C@@H](CC=C)CC(=O)OC(C)(C)C)c1ccc(F)cc1. The minimum absolute atomic E-state index is 0.144. The molecule has 0 aromatic heterocycles. The van der Waals surface area contributed by atoms with Crippen LogP contribution in [0.15, 0.2) is 49.6 Å². The van der Waals surface area contributed by atoms with Crippen molar-refractivity contribution in [2.75, 3.05) is 6.61 Å². The van der Waals surface area contributed by atoms with Crippen LogP contribution >= 0.6 is 0 Å². The summed E-state index contributed by atoms with van der Waals surface area (Å²) in [5.74, 6) is -2.53. The molecule has 2 atom stereocenters. The normalized spacial score (nSPS) is 12.9. The largest absolute Gasteiger partial charge is 0.463 e. The Morgan fingerprint density at radius 3 is 2.32 bits per heavy atom. The number of nitrogens with one attached hydrogen (secondary N) is 1. The van der Waals surface area contributed by atoms with Crippen LogP contribution in [0, 0.1) is 11.7 Å². The lowest BCUT2D eigenvalue weighted by Gasteiger charge is -2.23. The Bertz CT molecular complexity index is 767. The van der Waals surface area contributed by atoms with Gasteiger partial charge >= 0.3 is 11.9 Å². The fourth-order valence-corrected chi connectivity index (χ4v) is 2.75. The quantitative estimate of drug-likeness (QED) is 0.390. The first-order valence-electron chi connectivity index (χ1n) is 10.2. The lowest BCUT2D eigenvalue weighted by molar-refractivity contribution is -0.161. The number of carbonyl (C=O) groups excluding carboxylic acids is 3. The van der Waals surface area contributed by atoms with Crippen LogP contribution in [-0.2, 0) is 23.9 Å². The van der Waals surface area contributed by atoms with Crippen molar-refractivity contribution in [3.63, 3.8) is 0 Å². The maximum Gasteiger partial charge on any atom is 0.309 e. The van der Waals surface area contributed by atoms with Gasteiger partial charge < -0.3 is 14.8 Å².